The van der Waals surface area contributed by atoms with Crippen molar-refractivity contribution in [2.75, 3.05) is 14.1 Å². The minimum atomic E-state index is -0.839. The van der Waals surface area contributed by atoms with E-state index in [2.05, 4.69) is 5.32 Å². The molecule has 0 bridgehead atoms. The molecule has 0 heterocycles. The lowest BCUT2D eigenvalue weighted by Gasteiger charge is -2.23. The van der Waals surface area contributed by atoms with Crippen molar-refractivity contribution in [3.63, 3.8) is 0 Å². The number of nitrogens with one attached hydrogen (secondary N) is 1. The fourth-order valence-corrected chi connectivity index (χ4v) is 2.88. The third-order valence-corrected chi connectivity index (χ3v) is 4.44. The number of carbonyl (C=O) groups excluding carboxylic acids is 2. The summed E-state index contributed by atoms with van der Waals surface area (Å²) in [4.78, 5) is 27.0. The molecule has 5 heteroatoms. The first-order chi connectivity index (χ1) is 14.1. The van der Waals surface area contributed by atoms with E-state index in [9.17, 15) is 9.59 Å². The lowest BCUT2D eigenvalue weighted by Crippen LogP contribution is -2.32. The molecule has 3 aromatic carbocycles. The van der Waals surface area contributed by atoms with Crippen LogP contribution in [0.25, 0.3) is 0 Å². The Labute approximate surface area is 170 Å². The van der Waals surface area contributed by atoms with E-state index in [-0.39, 0.29) is 11.8 Å². The molecule has 0 fully saturated rings. The van der Waals surface area contributed by atoms with E-state index in [1.54, 1.807) is 38.4 Å². The first kappa shape index (κ1) is 20.1. The van der Waals surface area contributed by atoms with Crippen LogP contribution in [-0.4, -0.2) is 30.8 Å². The molecular formula is C24H24N2O3. The molecule has 0 radical (unpaired) electrons. The number of hydrogen-bond donors (Lipinski definition) is 1. The van der Waals surface area contributed by atoms with Gasteiger partial charge in [-0.15, -0.1) is 0 Å². The zero-order valence-corrected chi connectivity index (χ0v) is 16.5. The second-order valence-electron chi connectivity index (χ2n) is 6.81. The Kier molecular flexibility index (Phi) is 6.63. The van der Waals surface area contributed by atoms with Crippen LogP contribution in [0.2, 0.25) is 0 Å². The number of nitrogens with zero attached hydrogens (tertiary/aromatic N) is 1. The van der Waals surface area contributed by atoms with Gasteiger partial charge >= 0.3 is 0 Å². The zero-order valence-electron chi connectivity index (χ0n) is 16.5. The Morgan fingerprint density at radius 3 is 2.10 bits per heavy atom. The molecule has 2 amide bonds. The standard InChI is InChI=1S/C24H24N2O3/c1-26(2)24(28)22(19-13-7-4-8-14-19)29-21-16-10-9-15-20(21)23(27)25-17-18-11-5-3-6-12-18/h3-16,22H,17H2,1-2H3,(H,25,27)/t22-/m1/s1. The van der Waals surface area contributed by atoms with Gasteiger partial charge in [0.15, 0.2) is 0 Å². The van der Waals surface area contributed by atoms with Crippen molar-refractivity contribution in [1.82, 2.24) is 10.2 Å². The number of para-hydroxylation sites is 1. The minimum absolute atomic E-state index is 0.198. The monoisotopic (exact) mass is 388 g/mol. The van der Waals surface area contributed by atoms with Gasteiger partial charge < -0.3 is 15.0 Å². The summed E-state index contributed by atoms with van der Waals surface area (Å²) in [5, 5.41) is 2.91. The Balaban J connectivity index is 1.82. The summed E-state index contributed by atoms with van der Waals surface area (Å²) >= 11 is 0. The predicted molar refractivity (Wildman–Crippen MR) is 113 cm³/mol. The molecule has 5 nitrogen and oxygen atoms in total. The molecule has 3 rings (SSSR count). The van der Waals surface area contributed by atoms with Gasteiger partial charge in [0.05, 0.1) is 5.56 Å². The third-order valence-electron chi connectivity index (χ3n) is 4.44. The van der Waals surface area contributed by atoms with E-state index in [4.69, 9.17) is 4.74 Å². The van der Waals surface area contributed by atoms with Gasteiger partial charge in [0.1, 0.15) is 5.75 Å². The highest BCUT2D eigenvalue weighted by Crippen LogP contribution is 2.27. The zero-order chi connectivity index (χ0) is 20.6. The van der Waals surface area contributed by atoms with E-state index < -0.39 is 6.10 Å². The van der Waals surface area contributed by atoms with Crippen molar-refractivity contribution in [2.24, 2.45) is 0 Å². The molecule has 3 aromatic rings. The Morgan fingerprint density at radius 2 is 1.45 bits per heavy atom. The van der Waals surface area contributed by atoms with E-state index in [0.717, 1.165) is 11.1 Å². The van der Waals surface area contributed by atoms with E-state index in [0.29, 0.717) is 17.9 Å². The number of ether oxygens (including phenoxy) is 1. The molecule has 1 N–H and O–H groups in total. The van der Waals surface area contributed by atoms with Crippen LogP contribution < -0.4 is 10.1 Å². The summed E-state index contributed by atoms with van der Waals surface area (Å²) in [6.45, 7) is 0.409. The number of amides is 2. The molecule has 0 saturated carbocycles. The fourth-order valence-electron chi connectivity index (χ4n) is 2.88. The number of benzene rings is 3. The van der Waals surface area contributed by atoms with Gasteiger partial charge in [-0.05, 0) is 17.7 Å². The van der Waals surface area contributed by atoms with Gasteiger partial charge in [-0.3, -0.25) is 9.59 Å². The van der Waals surface area contributed by atoms with Crippen LogP contribution >= 0.6 is 0 Å². The summed E-state index contributed by atoms with van der Waals surface area (Å²) in [5.41, 5.74) is 2.12. The van der Waals surface area contributed by atoms with Crippen molar-refractivity contribution in [3.8, 4) is 5.75 Å². The van der Waals surface area contributed by atoms with E-state index >= 15 is 0 Å². The maximum atomic E-state index is 12.8. The van der Waals surface area contributed by atoms with Gasteiger partial charge in [-0.2, -0.15) is 0 Å². The second-order valence-corrected chi connectivity index (χ2v) is 6.81. The summed E-state index contributed by atoms with van der Waals surface area (Å²) in [7, 11) is 3.36. The summed E-state index contributed by atoms with van der Waals surface area (Å²) in [5.74, 6) is -0.0913. The van der Waals surface area contributed by atoms with Gasteiger partial charge in [0, 0.05) is 26.2 Å². The number of likely N-dealkylation sites (N-methyl/N-ethyl adjacent to an activating group) is 1. The predicted octanol–water partition coefficient (Wildman–Crippen LogP) is 3.82. The fraction of sp³-hybridized carbons (Fsp3) is 0.167. The van der Waals surface area contributed by atoms with Crippen LogP contribution in [0, 0.1) is 0 Å². The molecule has 29 heavy (non-hydrogen) atoms. The SMILES string of the molecule is CN(C)C(=O)[C@H](Oc1ccccc1C(=O)NCc1ccccc1)c1ccccc1. The average Bonchev–Trinajstić information content (AvgIpc) is 2.77. The van der Waals surface area contributed by atoms with Gasteiger partial charge in [-0.25, -0.2) is 0 Å². The molecular weight excluding hydrogens is 364 g/mol. The minimum Gasteiger partial charge on any atom is -0.475 e. The van der Waals surface area contributed by atoms with Crippen molar-refractivity contribution in [1.29, 1.82) is 0 Å². The molecule has 1 atom stereocenters. The molecule has 0 aliphatic rings. The van der Waals surface area contributed by atoms with Crippen LogP contribution in [0.3, 0.4) is 0 Å². The third kappa shape index (κ3) is 5.23. The van der Waals surface area contributed by atoms with Crippen LogP contribution in [-0.2, 0) is 11.3 Å². The maximum Gasteiger partial charge on any atom is 0.267 e. The molecule has 0 aromatic heterocycles. The van der Waals surface area contributed by atoms with Crippen LogP contribution in [0.1, 0.15) is 27.6 Å². The van der Waals surface area contributed by atoms with Crippen LogP contribution in [0.15, 0.2) is 84.9 Å². The Hall–Kier alpha value is -3.60. The highest BCUT2D eigenvalue weighted by atomic mass is 16.5. The number of rotatable bonds is 7. The largest absolute Gasteiger partial charge is 0.475 e. The molecule has 0 unspecified atom stereocenters. The number of carbonyl (C=O) groups is 2. The summed E-state index contributed by atoms with van der Waals surface area (Å²) in [6.07, 6.45) is -0.839. The highest BCUT2D eigenvalue weighted by molar-refractivity contribution is 5.97. The van der Waals surface area contributed by atoms with E-state index in [1.165, 1.54) is 4.90 Å². The smallest absolute Gasteiger partial charge is 0.267 e. The Bertz CT molecular complexity index is 956. The van der Waals surface area contributed by atoms with Gasteiger partial charge in [0.2, 0.25) is 6.10 Å². The van der Waals surface area contributed by atoms with Crippen molar-refractivity contribution >= 4 is 11.8 Å². The molecule has 0 spiro atoms. The average molecular weight is 388 g/mol. The maximum absolute atomic E-state index is 12.8. The second kappa shape index (κ2) is 9.55. The normalized spacial score (nSPS) is 11.4. The summed E-state index contributed by atoms with van der Waals surface area (Å²) in [6, 6.07) is 25.9. The first-order valence-electron chi connectivity index (χ1n) is 9.40. The lowest BCUT2D eigenvalue weighted by atomic mass is 10.1. The highest BCUT2D eigenvalue weighted by Gasteiger charge is 2.26. The quantitative estimate of drug-likeness (QED) is 0.669. The molecule has 0 aliphatic heterocycles. The molecule has 0 saturated heterocycles. The lowest BCUT2D eigenvalue weighted by molar-refractivity contribution is -0.136. The molecule has 0 aliphatic carbocycles. The van der Waals surface area contributed by atoms with E-state index in [1.807, 2.05) is 60.7 Å². The van der Waals surface area contributed by atoms with Crippen molar-refractivity contribution < 1.29 is 14.3 Å². The van der Waals surface area contributed by atoms with Crippen LogP contribution in [0.4, 0.5) is 0 Å². The molecule has 148 valence electrons. The van der Waals surface area contributed by atoms with Gasteiger partial charge in [0.25, 0.3) is 11.8 Å². The summed E-state index contributed by atoms with van der Waals surface area (Å²) < 4.78 is 6.08. The number of hydrogen-bond acceptors (Lipinski definition) is 3. The Morgan fingerprint density at radius 1 is 0.862 bits per heavy atom. The van der Waals surface area contributed by atoms with Gasteiger partial charge in [-0.1, -0.05) is 72.8 Å². The van der Waals surface area contributed by atoms with Crippen molar-refractivity contribution in [2.45, 2.75) is 12.6 Å². The topological polar surface area (TPSA) is 58.6 Å². The first-order valence-corrected chi connectivity index (χ1v) is 9.40. The van der Waals surface area contributed by atoms with Crippen LogP contribution in [0.5, 0.6) is 5.75 Å². The van der Waals surface area contributed by atoms with Crippen molar-refractivity contribution in [3.05, 3.63) is 102 Å².